The minimum Gasteiger partial charge on any atom is -0.309 e. The van der Waals surface area contributed by atoms with E-state index < -0.39 is 0 Å². The fraction of sp³-hybridized carbons (Fsp3) is 0. The quantitative estimate of drug-likeness (QED) is 0.241. The van der Waals surface area contributed by atoms with Crippen molar-refractivity contribution in [2.75, 3.05) is 0 Å². The van der Waals surface area contributed by atoms with Gasteiger partial charge in [0.25, 0.3) is 0 Å². The first-order valence-electron chi connectivity index (χ1n) is 12.7. The second kappa shape index (κ2) is 8.96. The Labute approximate surface area is 216 Å². The van der Waals surface area contributed by atoms with Gasteiger partial charge in [0, 0.05) is 16.5 Å². The molecule has 0 bridgehead atoms. The van der Waals surface area contributed by atoms with E-state index in [0.29, 0.717) is 0 Å². The highest BCUT2D eigenvalue weighted by molar-refractivity contribution is 6.11. The van der Waals surface area contributed by atoms with Crippen molar-refractivity contribution in [1.82, 2.24) is 4.57 Å². The molecule has 7 aromatic rings. The highest BCUT2D eigenvalue weighted by Crippen LogP contribution is 2.37. The predicted molar refractivity (Wildman–Crippen MR) is 157 cm³/mol. The molecule has 1 heterocycles. The van der Waals surface area contributed by atoms with Gasteiger partial charge in [0.1, 0.15) is 0 Å². The van der Waals surface area contributed by atoms with Crippen molar-refractivity contribution in [1.29, 1.82) is 0 Å². The number of fused-ring (bicyclic) bond motifs is 3. The van der Waals surface area contributed by atoms with Gasteiger partial charge in [0.15, 0.2) is 0 Å². The zero-order valence-electron chi connectivity index (χ0n) is 20.4. The Bertz CT molecular complexity index is 1850. The van der Waals surface area contributed by atoms with Crippen LogP contribution in [0.2, 0.25) is 0 Å². The molecular weight excluding hydrogens is 446 g/mol. The number of rotatable bonds is 4. The van der Waals surface area contributed by atoms with Crippen LogP contribution in [0.5, 0.6) is 0 Å². The molecule has 0 spiro atoms. The van der Waals surface area contributed by atoms with Crippen LogP contribution in [0.3, 0.4) is 0 Å². The zero-order chi connectivity index (χ0) is 24.6. The molecule has 0 aliphatic rings. The topological polar surface area (TPSA) is 4.93 Å². The Morgan fingerprint density at radius 2 is 0.811 bits per heavy atom. The van der Waals surface area contributed by atoms with Gasteiger partial charge in [-0.3, -0.25) is 0 Å². The summed E-state index contributed by atoms with van der Waals surface area (Å²) in [7, 11) is 0. The summed E-state index contributed by atoms with van der Waals surface area (Å²) in [6.45, 7) is 0. The molecule has 174 valence electrons. The smallest absolute Gasteiger partial charge is 0.0547 e. The third-order valence-electron chi connectivity index (χ3n) is 7.19. The number of aromatic nitrogens is 1. The molecule has 0 aliphatic carbocycles. The second-order valence-corrected chi connectivity index (χ2v) is 9.45. The van der Waals surface area contributed by atoms with Crippen LogP contribution < -0.4 is 0 Å². The minimum absolute atomic E-state index is 1.17. The Balaban J connectivity index is 1.50. The maximum atomic E-state index is 2.42. The van der Waals surface area contributed by atoms with Crippen molar-refractivity contribution in [2.45, 2.75) is 0 Å². The highest BCUT2D eigenvalue weighted by Gasteiger charge is 2.15. The molecule has 1 nitrogen and oxygen atoms in total. The largest absolute Gasteiger partial charge is 0.309 e. The SMILES string of the molecule is c1ccc(-c2cccc(-n3c4ccc(-c5ccccc5)cc4c4ccc(-c5ccccc5)cc43)c2)cc1. The van der Waals surface area contributed by atoms with Gasteiger partial charge in [-0.15, -0.1) is 0 Å². The Morgan fingerprint density at radius 1 is 0.297 bits per heavy atom. The Hall–Kier alpha value is -4.88. The normalized spacial score (nSPS) is 11.2. The van der Waals surface area contributed by atoms with E-state index in [2.05, 4.69) is 156 Å². The summed E-state index contributed by atoms with van der Waals surface area (Å²) in [6.07, 6.45) is 0. The minimum atomic E-state index is 1.17. The number of hydrogen-bond donors (Lipinski definition) is 0. The summed E-state index contributed by atoms with van der Waals surface area (Å²) < 4.78 is 2.42. The summed E-state index contributed by atoms with van der Waals surface area (Å²) in [5, 5.41) is 2.53. The van der Waals surface area contributed by atoms with Crippen LogP contribution in [0.4, 0.5) is 0 Å². The van der Waals surface area contributed by atoms with Crippen molar-refractivity contribution >= 4 is 21.8 Å². The molecule has 0 saturated carbocycles. The van der Waals surface area contributed by atoms with Crippen molar-refractivity contribution in [3.05, 3.63) is 152 Å². The lowest BCUT2D eigenvalue weighted by Gasteiger charge is -2.11. The highest BCUT2D eigenvalue weighted by atomic mass is 15.0. The Morgan fingerprint density at radius 3 is 1.43 bits per heavy atom. The summed E-state index contributed by atoms with van der Waals surface area (Å²) in [5.41, 5.74) is 10.9. The molecule has 0 fully saturated rings. The van der Waals surface area contributed by atoms with Crippen LogP contribution in [-0.4, -0.2) is 4.57 Å². The van der Waals surface area contributed by atoms with Crippen LogP contribution >= 0.6 is 0 Å². The lowest BCUT2D eigenvalue weighted by molar-refractivity contribution is 1.18. The van der Waals surface area contributed by atoms with Gasteiger partial charge in [-0.2, -0.15) is 0 Å². The molecule has 0 unspecified atom stereocenters. The molecule has 37 heavy (non-hydrogen) atoms. The third kappa shape index (κ3) is 3.82. The molecule has 7 rings (SSSR count). The van der Waals surface area contributed by atoms with Crippen LogP contribution in [0.1, 0.15) is 0 Å². The van der Waals surface area contributed by atoms with E-state index in [1.54, 1.807) is 0 Å². The molecule has 1 aromatic heterocycles. The first-order chi connectivity index (χ1) is 18.3. The van der Waals surface area contributed by atoms with Gasteiger partial charge in [-0.1, -0.05) is 121 Å². The van der Waals surface area contributed by atoms with Gasteiger partial charge in [-0.05, 0) is 63.7 Å². The molecule has 0 N–H and O–H groups in total. The lowest BCUT2D eigenvalue weighted by Crippen LogP contribution is -1.94. The number of benzene rings is 6. The maximum absolute atomic E-state index is 2.42. The predicted octanol–water partition coefficient (Wildman–Crippen LogP) is 9.78. The van der Waals surface area contributed by atoms with Gasteiger partial charge in [0.2, 0.25) is 0 Å². The molecule has 0 atom stereocenters. The van der Waals surface area contributed by atoms with Crippen LogP contribution in [-0.2, 0) is 0 Å². The molecule has 6 aromatic carbocycles. The van der Waals surface area contributed by atoms with E-state index in [4.69, 9.17) is 0 Å². The van der Waals surface area contributed by atoms with Gasteiger partial charge < -0.3 is 4.57 Å². The van der Waals surface area contributed by atoms with E-state index in [1.165, 1.54) is 60.9 Å². The summed E-state index contributed by atoms with van der Waals surface area (Å²) in [6, 6.07) is 54.4. The fourth-order valence-corrected chi connectivity index (χ4v) is 5.37. The Kier molecular flexibility index (Phi) is 5.19. The molecule has 0 saturated heterocycles. The zero-order valence-corrected chi connectivity index (χ0v) is 20.4. The summed E-state index contributed by atoms with van der Waals surface area (Å²) >= 11 is 0. The second-order valence-electron chi connectivity index (χ2n) is 9.45. The van der Waals surface area contributed by atoms with Gasteiger partial charge in [0.05, 0.1) is 11.0 Å². The summed E-state index contributed by atoms with van der Waals surface area (Å²) in [4.78, 5) is 0. The van der Waals surface area contributed by atoms with Crippen molar-refractivity contribution in [3.8, 4) is 39.1 Å². The molecule has 0 amide bonds. The maximum Gasteiger partial charge on any atom is 0.0547 e. The van der Waals surface area contributed by atoms with E-state index in [0.717, 1.165) is 0 Å². The van der Waals surface area contributed by atoms with Gasteiger partial charge in [-0.25, -0.2) is 0 Å². The van der Waals surface area contributed by atoms with Crippen LogP contribution in [0.15, 0.2) is 152 Å². The van der Waals surface area contributed by atoms with E-state index in [1.807, 2.05) is 0 Å². The van der Waals surface area contributed by atoms with Crippen LogP contribution in [0, 0.1) is 0 Å². The first kappa shape index (κ1) is 21.4. The number of hydrogen-bond acceptors (Lipinski definition) is 0. The van der Waals surface area contributed by atoms with E-state index in [-0.39, 0.29) is 0 Å². The molecule has 0 aliphatic heterocycles. The average Bonchev–Trinajstić information content (AvgIpc) is 3.31. The third-order valence-corrected chi connectivity index (χ3v) is 7.19. The summed E-state index contributed by atoms with van der Waals surface area (Å²) in [5.74, 6) is 0. The van der Waals surface area contributed by atoms with Crippen molar-refractivity contribution < 1.29 is 0 Å². The number of nitrogens with zero attached hydrogens (tertiary/aromatic N) is 1. The van der Waals surface area contributed by atoms with Crippen molar-refractivity contribution in [2.24, 2.45) is 0 Å². The van der Waals surface area contributed by atoms with Crippen molar-refractivity contribution in [3.63, 3.8) is 0 Å². The average molecular weight is 472 g/mol. The van der Waals surface area contributed by atoms with Gasteiger partial charge >= 0.3 is 0 Å². The monoisotopic (exact) mass is 471 g/mol. The van der Waals surface area contributed by atoms with E-state index in [9.17, 15) is 0 Å². The fourth-order valence-electron chi connectivity index (χ4n) is 5.37. The van der Waals surface area contributed by atoms with E-state index >= 15 is 0 Å². The molecular formula is C36H25N. The standard InChI is InChI=1S/C36H25N/c1-4-11-26(12-5-1)29-17-10-18-32(23-29)37-35-22-20-30(27-13-6-2-7-14-27)24-34(35)33-21-19-31(25-36(33)37)28-15-8-3-9-16-28/h1-25H. The molecule has 1 heteroatoms. The molecule has 0 radical (unpaired) electrons. The van der Waals surface area contributed by atoms with Crippen LogP contribution in [0.25, 0.3) is 60.9 Å². The first-order valence-corrected chi connectivity index (χ1v) is 12.7. The lowest BCUT2D eigenvalue weighted by atomic mass is 10.0.